The number of hydrogen-bond acceptors (Lipinski definition) is 5. The number of ether oxygens (including phenoxy) is 1. The third-order valence-corrected chi connectivity index (χ3v) is 7.25. The fourth-order valence-corrected chi connectivity index (χ4v) is 4.90. The van der Waals surface area contributed by atoms with Crippen LogP contribution < -0.4 is 10.6 Å². The van der Waals surface area contributed by atoms with E-state index in [1.807, 2.05) is 37.3 Å². The number of amides is 1. The number of fused-ring (bicyclic) bond motifs is 1. The summed E-state index contributed by atoms with van der Waals surface area (Å²) in [5.74, 6) is -2.45. The highest BCUT2D eigenvalue weighted by atomic mass is 79.9. The second kappa shape index (κ2) is 10.7. The van der Waals surface area contributed by atoms with Crippen LogP contribution in [0.1, 0.15) is 49.8 Å². The Balaban J connectivity index is 1.49. The summed E-state index contributed by atoms with van der Waals surface area (Å²) < 4.78 is 45.1. The Hall–Kier alpha value is -3.14. The maximum absolute atomic E-state index is 13.3. The van der Waals surface area contributed by atoms with Gasteiger partial charge in [0.1, 0.15) is 5.82 Å². The second-order valence-corrected chi connectivity index (χ2v) is 10.3. The molecule has 0 spiro atoms. The molecule has 2 aromatic carbocycles. The molecule has 10 heteroatoms. The number of aromatic nitrogens is 1. The van der Waals surface area contributed by atoms with Crippen LogP contribution in [0.4, 0.5) is 19.0 Å². The molecular weight excluding hydrogens is 551 g/mol. The van der Waals surface area contributed by atoms with Crippen LogP contribution in [0, 0.1) is 6.92 Å². The summed E-state index contributed by atoms with van der Waals surface area (Å²) in [6.07, 6.45) is -4.68. The molecule has 37 heavy (non-hydrogen) atoms. The van der Waals surface area contributed by atoms with Gasteiger partial charge < -0.3 is 15.4 Å². The van der Waals surface area contributed by atoms with Gasteiger partial charge in [-0.2, -0.15) is 13.2 Å². The minimum Gasteiger partial charge on any atom is -0.442 e. The Labute approximate surface area is 221 Å². The predicted octanol–water partition coefficient (Wildman–Crippen LogP) is 6.38. The van der Waals surface area contributed by atoms with Gasteiger partial charge in [-0.05, 0) is 74.9 Å². The number of nitrogens with one attached hydrogen (secondary N) is 2. The number of pyridine rings is 1. The second-order valence-electron chi connectivity index (χ2n) is 9.39. The molecule has 6 nitrogen and oxygen atoms in total. The first-order valence-electron chi connectivity index (χ1n) is 12.0. The first-order chi connectivity index (χ1) is 17.5. The van der Waals surface area contributed by atoms with Crippen molar-refractivity contribution in [3.05, 3.63) is 70.2 Å². The van der Waals surface area contributed by atoms with E-state index in [1.54, 1.807) is 31.2 Å². The molecule has 196 valence electrons. The number of alkyl halides is 3. The summed E-state index contributed by atoms with van der Waals surface area (Å²) in [5.41, 5.74) is 0.720. The number of para-hydroxylation sites is 1. The van der Waals surface area contributed by atoms with Gasteiger partial charge in [0.15, 0.2) is 5.60 Å². The highest BCUT2D eigenvalue weighted by Gasteiger charge is 2.51. The number of rotatable bonds is 6. The lowest BCUT2D eigenvalue weighted by Crippen LogP contribution is -2.55. The summed E-state index contributed by atoms with van der Waals surface area (Å²) in [5, 5.41) is 7.11. The number of aryl methyl sites for hydroxylation is 1. The van der Waals surface area contributed by atoms with Crippen molar-refractivity contribution in [2.24, 2.45) is 0 Å². The molecule has 0 unspecified atom stereocenters. The van der Waals surface area contributed by atoms with Crippen molar-refractivity contribution in [1.29, 1.82) is 0 Å². The lowest BCUT2D eigenvalue weighted by Gasteiger charge is -2.39. The number of esters is 1. The van der Waals surface area contributed by atoms with E-state index < -0.39 is 29.7 Å². The summed E-state index contributed by atoms with van der Waals surface area (Å²) in [7, 11) is 0. The van der Waals surface area contributed by atoms with E-state index in [1.165, 1.54) is 0 Å². The summed E-state index contributed by atoms with van der Waals surface area (Å²) in [6.45, 7) is 3.70. The van der Waals surface area contributed by atoms with Gasteiger partial charge >= 0.3 is 12.1 Å². The lowest BCUT2D eigenvalue weighted by molar-refractivity contribution is -0.217. The average Bonchev–Trinajstić information content (AvgIpc) is 2.85. The highest BCUT2D eigenvalue weighted by molar-refractivity contribution is 9.10. The van der Waals surface area contributed by atoms with Crippen molar-refractivity contribution in [1.82, 2.24) is 10.3 Å². The molecule has 1 amide bonds. The van der Waals surface area contributed by atoms with Crippen molar-refractivity contribution in [2.75, 3.05) is 5.32 Å². The maximum Gasteiger partial charge on any atom is 0.490 e. The first kappa shape index (κ1) is 26.9. The van der Waals surface area contributed by atoms with E-state index in [0.717, 1.165) is 26.5 Å². The topological polar surface area (TPSA) is 80.3 Å². The number of nitrogens with zero attached hydrogens (tertiary/aromatic N) is 1. The molecule has 1 atom stereocenters. The molecule has 1 aliphatic carbocycles. The van der Waals surface area contributed by atoms with E-state index in [9.17, 15) is 22.8 Å². The summed E-state index contributed by atoms with van der Waals surface area (Å²) in [4.78, 5) is 29.7. The minimum atomic E-state index is -5.20. The van der Waals surface area contributed by atoms with Gasteiger partial charge in [0, 0.05) is 15.9 Å². The zero-order valence-corrected chi connectivity index (χ0v) is 21.9. The Kier molecular flexibility index (Phi) is 7.77. The normalized spacial score (nSPS) is 20.8. The first-order valence-corrected chi connectivity index (χ1v) is 12.8. The van der Waals surface area contributed by atoms with Crippen molar-refractivity contribution in [3.8, 4) is 0 Å². The fraction of sp³-hybridized carbons (Fsp3) is 0.370. The number of carbonyl (C=O) groups excluding carboxylic acids is 2. The maximum atomic E-state index is 13.3. The number of hydrogen-bond donors (Lipinski definition) is 2. The van der Waals surface area contributed by atoms with Crippen molar-refractivity contribution in [3.63, 3.8) is 0 Å². The standard InChI is InChI=1S/C27H27BrF3N3O3/c1-16-15-23(34-22-6-4-3-5-21(16)22)33-20-11-13-26(14-12-20,37-25(36)27(29,30)31)24(35)32-17(2)18-7-9-19(28)10-8-18/h3-10,15,17,20H,11-14H2,1-2H3,(H,32,35)(H,33,34)/t17-,20?,26?/m1/s1. The van der Waals surface area contributed by atoms with Gasteiger partial charge in [-0.1, -0.05) is 46.3 Å². The Morgan fingerprint density at radius 3 is 2.41 bits per heavy atom. The zero-order chi connectivity index (χ0) is 26.8. The minimum absolute atomic E-state index is 0.0576. The average molecular weight is 578 g/mol. The van der Waals surface area contributed by atoms with Crippen LogP contribution in [0.25, 0.3) is 10.9 Å². The van der Waals surface area contributed by atoms with Crippen LogP contribution in [0.15, 0.2) is 59.1 Å². The van der Waals surface area contributed by atoms with Gasteiger partial charge in [-0.3, -0.25) is 4.79 Å². The molecule has 0 radical (unpaired) electrons. The smallest absolute Gasteiger partial charge is 0.442 e. The number of carbonyl (C=O) groups is 2. The third-order valence-electron chi connectivity index (χ3n) is 6.72. The van der Waals surface area contributed by atoms with E-state index >= 15 is 0 Å². The van der Waals surface area contributed by atoms with Gasteiger partial charge in [0.05, 0.1) is 11.6 Å². The van der Waals surface area contributed by atoms with Gasteiger partial charge in [0.25, 0.3) is 5.91 Å². The summed E-state index contributed by atoms with van der Waals surface area (Å²) >= 11 is 3.35. The quantitative estimate of drug-likeness (QED) is 0.332. The van der Waals surface area contributed by atoms with E-state index in [-0.39, 0.29) is 18.9 Å². The van der Waals surface area contributed by atoms with Crippen LogP contribution >= 0.6 is 15.9 Å². The van der Waals surface area contributed by atoms with Crippen LogP contribution in [0.3, 0.4) is 0 Å². The molecule has 1 aliphatic rings. The molecule has 0 bridgehead atoms. The molecular formula is C27H27BrF3N3O3. The van der Waals surface area contributed by atoms with Crippen molar-refractivity contribution in [2.45, 2.75) is 63.4 Å². The van der Waals surface area contributed by atoms with Crippen LogP contribution in [-0.2, 0) is 14.3 Å². The Bertz CT molecular complexity index is 1290. The molecule has 2 N–H and O–H groups in total. The molecule has 3 aromatic rings. The molecule has 4 rings (SSSR count). The number of halogens is 4. The van der Waals surface area contributed by atoms with Crippen LogP contribution in [0.5, 0.6) is 0 Å². The predicted molar refractivity (Wildman–Crippen MR) is 138 cm³/mol. The van der Waals surface area contributed by atoms with E-state index in [0.29, 0.717) is 18.7 Å². The van der Waals surface area contributed by atoms with Crippen LogP contribution in [-0.4, -0.2) is 34.7 Å². The molecule has 1 fully saturated rings. The molecule has 1 heterocycles. The number of anilines is 1. The highest BCUT2D eigenvalue weighted by Crippen LogP contribution is 2.36. The molecule has 0 aliphatic heterocycles. The van der Waals surface area contributed by atoms with E-state index in [2.05, 4.69) is 31.5 Å². The SMILES string of the molecule is Cc1cc(NC2CCC(OC(=O)C(F)(F)F)(C(=O)N[C@H](C)c3ccc(Br)cc3)CC2)nc2ccccc12. The molecule has 1 saturated carbocycles. The lowest BCUT2D eigenvalue weighted by atomic mass is 9.80. The third kappa shape index (κ3) is 6.23. The monoisotopic (exact) mass is 577 g/mol. The molecule has 0 saturated heterocycles. The van der Waals surface area contributed by atoms with Crippen molar-refractivity contribution >= 4 is 44.5 Å². The van der Waals surface area contributed by atoms with Gasteiger partial charge in [-0.15, -0.1) is 0 Å². The van der Waals surface area contributed by atoms with Gasteiger partial charge in [-0.25, -0.2) is 9.78 Å². The Morgan fingerprint density at radius 1 is 1.11 bits per heavy atom. The largest absolute Gasteiger partial charge is 0.490 e. The summed E-state index contributed by atoms with van der Waals surface area (Å²) in [6, 6.07) is 16.2. The Morgan fingerprint density at radius 2 is 1.76 bits per heavy atom. The van der Waals surface area contributed by atoms with E-state index in [4.69, 9.17) is 4.74 Å². The van der Waals surface area contributed by atoms with Crippen molar-refractivity contribution < 1.29 is 27.5 Å². The van der Waals surface area contributed by atoms with Gasteiger partial charge in [0.2, 0.25) is 0 Å². The number of benzene rings is 2. The van der Waals surface area contributed by atoms with Crippen LogP contribution in [0.2, 0.25) is 0 Å². The zero-order valence-electron chi connectivity index (χ0n) is 20.4. The fourth-order valence-electron chi connectivity index (χ4n) is 4.63. The molecule has 1 aromatic heterocycles.